The second-order valence-corrected chi connectivity index (χ2v) is 6.44. The molecule has 0 spiro atoms. The molecular formula is C15H22ClN. The quantitative estimate of drug-likeness (QED) is 0.719. The topological polar surface area (TPSA) is 3.24 Å². The Morgan fingerprint density at radius 3 is 2.41 bits per heavy atom. The number of rotatable bonds is 1. The van der Waals surface area contributed by atoms with Gasteiger partial charge < -0.3 is 0 Å². The monoisotopic (exact) mass is 251 g/mol. The molecule has 2 heteroatoms. The molecule has 0 aromatic heterocycles. The van der Waals surface area contributed by atoms with Crippen molar-refractivity contribution in [1.82, 2.24) is 4.90 Å². The van der Waals surface area contributed by atoms with Gasteiger partial charge >= 0.3 is 0 Å². The fourth-order valence-corrected chi connectivity index (χ4v) is 2.72. The Morgan fingerprint density at radius 1 is 1.18 bits per heavy atom. The Morgan fingerprint density at radius 2 is 1.82 bits per heavy atom. The minimum Gasteiger partial charge on any atom is -0.298 e. The van der Waals surface area contributed by atoms with Crippen molar-refractivity contribution in [3.8, 4) is 0 Å². The maximum Gasteiger partial charge on any atom is 0.0406 e. The van der Waals surface area contributed by atoms with E-state index in [0.717, 1.165) is 5.02 Å². The van der Waals surface area contributed by atoms with Crippen molar-refractivity contribution < 1.29 is 0 Å². The molecule has 1 heterocycles. The Hall–Kier alpha value is -0.530. The van der Waals surface area contributed by atoms with Gasteiger partial charge in [0.05, 0.1) is 0 Å². The molecule has 1 aromatic rings. The molecule has 0 unspecified atom stereocenters. The second kappa shape index (κ2) is 4.99. The van der Waals surface area contributed by atoms with Gasteiger partial charge in [0.15, 0.2) is 0 Å². The van der Waals surface area contributed by atoms with E-state index in [0.29, 0.717) is 5.92 Å². The average Bonchev–Trinajstić information content (AvgIpc) is 2.29. The third-order valence-corrected chi connectivity index (χ3v) is 3.96. The van der Waals surface area contributed by atoms with E-state index in [1.807, 2.05) is 12.1 Å². The minimum absolute atomic E-state index is 0.283. The number of piperidine rings is 1. The van der Waals surface area contributed by atoms with Crippen LogP contribution in [0.3, 0.4) is 0 Å². The number of benzene rings is 1. The van der Waals surface area contributed by atoms with E-state index in [4.69, 9.17) is 11.6 Å². The first-order valence-electron chi connectivity index (χ1n) is 6.47. The van der Waals surface area contributed by atoms with Gasteiger partial charge in [-0.25, -0.2) is 0 Å². The summed E-state index contributed by atoms with van der Waals surface area (Å²) in [6.45, 7) is 9.31. The van der Waals surface area contributed by atoms with Crippen LogP contribution in [0.5, 0.6) is 0 Å². The molecule has 1 nitrogen and oxygen atoms in total. The maximum absolute atomic E-state index is 5.94. The van der Waals surface area contributed by atoms with Crippen LogP contribution in [0.1, 0.15) is 45.1 Å². The van der Waals surface area contributed by atoms with E-state index in [1.54, 1.807) is 0 Å². The van der Waals surface area contributed by atoms with E-state index in [2.05, 4.69) is 37.8 Å². The van der Waals surface area contributed by atoms with Gasteiger partial charge in [0.2, 0.25) is 0 Å². The smallest absolute Gasteiger partial charge is 0.0406 e. The van der Waals surface area contributed by atoms with Gasteiger partial charge in [0.25, 0.3) is 0 Å². The SMILES string of the molecule is CC(C)(C)N1CCC[C@H](c2ccc(Cl)cc2)C1. The lowest BCUT2D eigenvalue weighted by Gasteiger charge is -2.41. The largest absolute Gasteiger partial charge is 0.298 e. The highest BCUT2D eigenvalue weighted by Gasteiger charge is 2.28. The van der Waals surface area contributed by atoms with Crippen LogP contribution >= 0.6 is 11.6 Å². The molecule has 2 rings (SSSR count). The van der Waals surface area contributed by atoms with Crippen LogP contribution in [0.15, 0.2) is 24.3 Å². The first-order valence-corrected chi connectivity index (χ1v) is 6.85. The Labute approximate surface area is 110 Å². The molecule has 94 valence electrons. The molecule has 0 saturated carbocycles. The summed E-state index contributed by atoms with van der Waals surface area (Å²) in [6.07, 6.45) is 2.60. The Kier molecular flexibility index (Phi) is 3.79. The fraction of sp³-hybridized carbons (Fsp3) is 0.600. The van der Waals surface area contributed by atoms with Crippen molar-refractivity contribution in [2.75, 3.05) is 13.1 Å². The third-order valence-electron chi connectivity index (χ3n) is 3.71. The standard InChI is InChI=1S/C15H22ClN/c1-15(2,3)17-10-4-5-13(11-17)12-6-8-14(16)9-7-12/h6-9,13H,4-5,10-11H2,1-3H3/t13-/m0/s1. The van der Waals surface area contributed by atoms with Gasteiger partial charge in [-0.3, -0.25) is 4.90 Å². The van der Waals surface area contributed by atoms with Crippen molar-refractivity contribution in [3.05, 3.63) is 34.9 Å². The summed E-state index contributed by atoms with van der Waals surface area (Å²) in [6, 6.07) is 8.37. The van der Waals surface area contributed by atoms with E-state index >= 15 is 0 Å². The van der Waals surface area contributed by atoms with Crippen LogP contribution in [0.4, 0.5) is 0 Å². The molecule has 17 heavy (non-hydrogen) atoms. The van der Waals surface area contributed by atoms with Gasteiger partial charge in [-0.15, -0.1) is 0 Å². The molecule has 1 atom stereocenters. The zero-order valence-electron chi connectivity index (χ0n) is 11.0. The summed E-state index contributed by atoms with van der Waals surface area (Å²) in [5.41, 5.74) is 1.72. The average molecular weight is 252 g/mol. The lowest BCUT2D eigenvalue weighted by molar-refractivity contribution is 0.0986. The number of hydrogen-bond donors (Lipinski definition) is 0. The van der Waals surface area contributed by atoms with Crippen LogP contribution < -0.4 is 0 Å². The van der Waals surface area contributed by atoms with E-state index in [9.17, 15) is 0 Å². The number of likely N-dealkylation sites (tertiary alicyclic amines) is 1. The van der Waals surface area contributed by atoms with Gasteiger partial charge in [0.1, 0.15) is 0 Å². The predicted octanol–water partition coefficient (Wildman–Crippen LogP) is 4.32. The highest BCUT2D eigenvalue weighted by Crippen LogP contribution is 2.30. The summed E-state index contributed by atoms with van der Waals surface area (Å²) in [5, 5.41) is 0.831. The predicted molar refractivity (Wildman–Crippen MR) is 74.8 cm³/mol. The Bertz CT molecular complexity index is 364. The van der Waals surface area contributed by atoms with Crippen molar-refractivity contribution >= 4 is 11.6 Å². The zero-order chi connectivity index (χ0) is 12.5. The third kappa shape index (κ3) is 3.23. The summed E-state index contributed by atoms with van der Waals surface area (Å²) in [4.78, 5) is 2.59. The summed E-state index contributed by atoms with van der Waals surface area (Å²) >= 11 is 5.94. The lowest BCUT2D eigenvalue weighted by Crippen LogP contribution is -2.46. The molecule has 1 saturated heterocycles. The van der Waals surface area contributed by atoms with Crippen LogP contribution in [0, 0.1) is 0 Å². The van der Waals surface area contributed by atoms with E-state index in [-0.39, 0.29) is 5.54 Å². The maximum atomic E-state index is 5.94. The Balaban J connectivity index is 2.09. The first-order chi connectivity index (χ1) is 7.97. The van der Waals surface area contributed by atoms with Gasteiger partial charge in [-0.05, 0) is 63.8 Å². The van der Waals surface area contributed by atoms with E-state index < -0.39 is 0 Å². The van der Waals surface area contributed by atoms with Crippen molar-refractivity contribution in [2.45, 2.75) is 45.1 Å². The zero-order valence-corrected chi connectivity index (χ0v) is 11.8. The molecule has 1 aliphatic rings. The highest BCUT2D eigenvalue weighted by molar-refractivity contribution is 6.30. The summed E-state index contributed by atoms with van der Waals surface area (Å²) in [7, 11) is 0. The molecule has 0 bridgehead atoms. The molecular weight excluding hydrogens is 230 g/mol. The van der Waals surface area contributed by atoms with Crippen LogP contribution in [-0.4, -0.2) is 23.5 Å². The minimum atomic E-state index is 0.283. The van der Waals surface area contributed by atoms with Gasteiger partial charge in [0, 0.05) is 17.1 Å². The summed E-state index contributed by atoms with van der Waals surface area (Å²) in [5.74, 6) is 0.667. The molecule has 1 fully saturated rings. The second-order valence-electron chi connectivity index (χ2n) is 6.01. The molecule has 1 aromatic carbocycles. The molecule has 0 amide bonds. The van der Waals surface area contributed by atoms with Gasteiger partial charge in [-0.1, -0.05) is 23.7 Å². The number of hydrogen-bond acceptors (Lipinski definition) is 1. The van der Waals surface area contributed by atoms with Crippen LogP contribution in [0.25, 0.3) is 0 Å². The number of halogens is 1. The van der Waals surface area contributed by atoms with Crippen LogP contribution in [0.2, 0.25) is 5.02 Å². The fourth-order valence-electron chi connectivity index (χ4n) is 2.59. The summed E-state index contributed by atoms with van der Waals surface area (Å²) < 4.78 is 0. The van der Waals surface area contributed by atoms with Crippen molar-refractivity contribution in [2.24, 2.45) is 0 Å². The normalized spacial score (nSPS) is 22.7. The molecule has 1 aliphatic heterocycles. The van der Waals surface area contributed by atoms with Gasteiger partial charge in [-0.2, -0.15) is 0 Å². The van der Waals surface area contributed by atoms with Crippen molar-refractivity contribution in [3.63, 3.8) is 0 Å². The molecule has 0 N–H and O–H groups in total. The first kappa shape index (κ1) is 12.9. The highest BCUT2D eigenvalue weighted by atomic mass is 35.5. The number of nitrogens with zero attached hydrogens (tertiary/aromatic N) is 1. The van der Waals surface area contributed by atoms with E-state index in [1.165, 1.54) is 31.5 Å². The van der Waals surface area contributed by atoms with Crippen LogP contribution in [-0.2, 0) is 0 Å². The molecule has 0 aliphatic carbocycles. The van der Waals surface area contributed by atoms with Crippen molar-refractivity contribution in [1.29, 1.82) is 0 Å². The lowest BCUT2D eigenvalue weighted by atomic mass is 9.88. The molecule has 0 radical (unpaired) electrons.